The fourth-order valence-electron chi connectivity index (χ4n) is 2.26. The fraction of sp³-hybridized carbons (Fsp3) is 0.727. The number of carboxylic acid groups (broad SMARTS) is 1. The molecule has 0 aromatic carbocycles. The Balaban J connectivity index is 2.57. The lowest BCUT2D eigenvalue weighted by Gasteiger charge is -2.28. The summed E-state index contributed by atoms with van der Waals surface area (Å²) in [6.45, 7) is -0.118. The van der Waals surface area contributed by atoms with E-state index >= 15 is 0 Å². The van der Waals surface area contributed by atoms with Gasteiger partial charge in [0.2, 0.25) is 11.8 Å². The fourth-order valence-corrected chi connectivity index (χ4v) is 2.26. The van der Waals surface area contributed by atoms with Gasteiger partial charge in [0.1, 0.15) is 0 Å². The molecular formula is C11H18N2O4. The minimum atomic E-state index is -0.847. The molecule has 2 amide bonds. The van der Waals surface area contributed by atoms with E-state index in [-0.39, 0.29) is 18.4 Å². The first-order chi connectivity index (χ1) is 7.91. The topological polar surface area (TPSA) is 101 Å². The van der Waals surface area contributed by atoms with Crippen LogP contribution >= 0.6 is 0 Å². The second-order valence-corrected chi connectivity index (χ2v) is 4.56. The van der Waals surface area contributed by atoms with E-state index in [9.17, 15) is 14.4 Å². The van der Waals surface area contributed by atoms with Gasteiger partial charge in [-0.3, -0.25) is 14.4 Å². The number of carbonyl (C=O) groups excluding carboxylic acids is 2. The summed E-state index contributed by atoms with van der Waals surface area (Å²) < 4.78 is 0. The summed E-state index contributed by atoms with van der Waals surface area (Å²) in [5.74, 6) is -2.34. The summed E-state index contributed by atoms with van der Waals surface area (Å²) >= 11 is 0. The molecule has 96 valence electrons. The van der Waals surface area contributed by atoms with Gasteiger partial charge in [-0.05, 0) is 19.3 Å². The van der Waals surface area contributed by atoms with Crippen molar-refractivity contribution < 1.29 is 19.5 Å². The standard InChI is InChI=1S/C11H18N2O4/c1-13(6-9(12)14)10(15)7-3-2-4-8(5-7)11(16)17/h7-8H,2-6H2,1H3,(H2,12,14)(H,16,17). The van der Waals surface area contributed by atoms with E-state index in [2.05, 4.69) is 0 Å². The number of carbonyl (C=O) groups is 3. The van der Waals surface area contributed by atoms with Gasteiger partial charge in [0, 0.05) is 13.0 Å². The minimum Gasteiger partial charge on any atom is -0.481 e. The highest BCUT2D eigenvalue weighted by Gasteiger charge is 2.32. The third-order valence-electron chi connectivity index (χ3n) is 3.14. The SMILES string of the molecule is CN(CC(N)=O)C(=O)C1CCCC(C(=O)O)C1. The number of nitrogens with zero attached hydrogens (tertiary/aromatic N) is 1. The predicted molar refractivity (Wildman–Crippen MR) is 59.9 cm³/mol. The summed E-state index contributed by atoms with van der Waals surface area (Å²) in [6, 6.07) is 0. The molecule has 1 fully saturated rings. The van der Waals surface area contributed by atoms with Crippen LogP contribution in [0.3, 0.4) is 0 Å². The number of carboxylic acids is 1. The van der Waals surface area contributed by atoms with E-state index in [1.807, 2.05) is 0 Å². The van der Waals surface area contributed by atoms with Crippen molar-refractivity contribution in [3.8, 4) is 0 Å². The van der Waals surface area contributed by atoms with Gasteiger partial charge in [-0.25, -0.2) is 0 Å². The summed E-state index contributed by atoms with van der Waals surface area (Å²) in [5, 5.41) is 8.92. The molecule has 3 N–H and O–H groups in total. The molecule has 0 aromatic heterocycles. The van der Waals surface area contributed by atoms with Crippen LogP contribution in [0, 0.1) is 11.8 Å². The molecular weight excluding hydrogens is 224 g/mol. The van der Waals surface area contributed by atoms with Crippen molar-refractivity contribution >= 4 is 17.8 Å². The van der Waals surface area contributed by atoms with Gasteiger partial charge in [-0.15, -0.1) is 0 Å². The largest absolute Gasteiger partial charge is 0.481 e. The Morgan fingerprint density at radius 2 is 1.88 bits per heavy atom. The smallest absolute Gasteiger partial charge is 0.306 e. The monoisotopic (exact) mass is 242 g/mol. The molecule has 2 atom stereocenters. The second kappa shape index (κ2) is 5.65. The van der Waals surface area contributed by atoms with Crippen LogP contribution in [0.1, 0.15) is 25.7 Å². The molecule has 0 heterocycles. The molecule has 6 nitrogen and oxygen atoms in total. The summed E-state index contributed by atoms with van der Waals surface area (Å²) in [4.78, 5) is 34.8. The average Bonchev–Trinajstić information content (AvgIpc) is 2.27. The molecule has 1 aliphatic rings. The Kier molecular flexibility index (Phi) is 4.48. The average molecular weight is 242 g/mol. The maximum absolute atomic E-state index is 11.9. The van der Waals surface area contributed by atoms with Crippen LogP contribution < -0.4 is 5.73 Å². The molecule has 0 saturated heterocycles. The molecule has 1 rings (SSSR count). The van der Waals surface area contributed by atoms with Crippen LogP contribution in [-0.2, 0) is 14.4 Å². The number of nitrogens with two attached hydrogens (primary N) is 1. The molecule has 0 radical (unpaired) electrons. The highest BCUT2D eigenvalue weighted by molar-refractivity contribution is 5.85. The van der Waals surface area contributed by atoms with Gasteiger partial charge in [0.15, 0.2) is 0 Å². The molecule has 0 aromatic rings. The van der Waals surface area contributed by atoms with Gasteiger partial charge >= 0.3 is 5.97 Å². The Labute approximate surface area is 99.8 Å². The Morgan fingerprint density at radius 1 is 1.29 bits per heavy atom. The zero-order valence-corrected chi connectivity index (χ0v) is 9.89. The summed E-state index contributed by atoms with van der Waals surface area (Å²) in [7, 11) is 1.51. The first kappa shape index (κ1) is 13.5. The number of hydrogen-bond donors (Lipinski definition) is 2. The highest BCUT2D eigenvalue weighted by atomic mass is 16.4. The third-order valence-corrected chi connectivity index (χ3v) is 3.14. The van der Waals surface area contributed by atoms with Gasteiger partial charge < -0.3 is 15.7 Å². The van der Waals surface area contributed by atoms with Crippen LogP contribution in [0.4, 0.5) is 0 Å². The van der Waals surface area contributed by atoms with Gasteiger partial charge in [-0.2, -0.15) is 0 Å². The van der Waals surface area contributed by atoms with Crippen molar-refractivity contribution in [1.82, 2.24) is 4.90 Å². The maximum atomic E-state index is 11.9. The van der Waals surface area contributed by atoms with Crippen LogP contribution in [0.5, 0.6) is 0 Å². The van der Waals surface area contributed by atoms with Crippen molar-refractivity contribution in [1.29, 1.82) is 0 Å². The van der Waals surface area contributed by atoms with Crippen LogP contribution in [0.2, 0.25) is 0 Å². The summed E-state index contributed by atoms with van der Waals surface area (Å²) in [6.07, 6.45) is 2.40. The van der Waals surface area contributed by atoms with Crippen LogP contribution in [0.15, 0.2) is 0 Å². The van der Waals surface area contributed by atoms with Crippen LogP contribution in [-0.4, -0.2) is 41.4 Å². The van der Waals surface area contributed by atoms with E-state index in [0.717, 1.165) is 6.42 Å². The maximum Gasteiger partial charge on any atom is 0.306 e. The lowest BCUT2D eigenvalue weighted by molar-refractivity contribution is -0.146. The minimum absolute atomic E-state index is 0.118. The summed E-state index contributed by atoms with van der Waals surface area (Å²) in [5.41, 5.74) is 5.01. The molecule has 6 heteroatoms. The van der Waals surface area contributed by atoms with Gasteiger partial charge in [0.05, 0.1) is 12.5 Å². The van der Waals surface area contributed by atoms with Gasteiger partial charge in [-0.1, -0.05) is 6.42 Å². The first-order valence-electron chi connectivity index (χ1n) is 5.68. The molecule has 17 heavy (non-hydrogen) atoms. The van der Waals surface area contributed by atoms with E-state index in [1.165, 1.54) is 11.9 Å². The molecule has 1 saturated carbocycles. The molecule has 0 spiro atoms. The number of hydrogen-bond acceptors (Lipinski definition) is 3. The number of primary amides is 1. The van der Waals surface area contributed by atoms with E-state index < -0.39 is 17.8 Å². The molecule has 2 unspecified atom stereocenters. The lowest BCUT2D eigenvalue weighted by atomic mass is 9.81. The predicted octanol–water partition coefficient (Wildman–Crippen LogP) is -0.179. The Morgan fingerprint density at radius 3 is 2.41 bits per heavy atom. The Hall–Kier alpha value is -1.59. The Bertz CT molecular complexity index is 329. The first-order valence-corrected chi connectivity index (χ1v) is 5.68. The van der Waals surface area contributed by atoms with Crippen molar-refractivity contribution in [3.05, 3.63) is 0 Å². The van der Waals surface area contributed by atoms with Crippen molar-refractivity contribution in [2.75, 3.05) is 13.6 Å². The quantitative estimate of drug-likeness (QED) is 0.714. The number of rotatable bonds is 4. The van der Waals surface area contributed by atoms with Gasteiger partial charge in [0.25, 0.3) is 0 Å². The van der Waals surface area contributed by atoms with Crippen LogP contribution in [0.25, 0.3) is 0 Å². The number of aliphatic carboxylic acids is 1. The third kappa shape index (κ3) is 3.72. The lowest BCUT2D eigenvalue weighted by Crippen LogP contribution is -2.41. The number of amides is 2. The molecule has 1 aliphatic carbocycles. The number of likely N-dealkylation sites (N-methyl/N-ethyl adjacent to an activating group) is 1. The highest BCUT2D eigenvalue weighted by Crippen LogP contribution is 2.30. The zero-order chi connectivity index (χ0) is 13.0. The second-order valence-electron chi connectivity index (χ2n) is 4.56. The van der Waals surface area contributed by atoms with Crippen molar-refractivity contribution in [2.24, 2.45) is 17.6 Å². The van der Waals surface area contributed by atoms with E-state index in [1.54, 1.807) is 0 Å². The molecule has 0 aliphatic heterocycles. The molecule has 0 bridgehead atoms. The van der Waals surface area contributed by atoms with E-state index in [0.29, 0.717) is 19.3 Å². The zero-order valence-electron chi connectivity index (χ0n) is 9.89. The normalized spacial score (nSPS) is 24.1. The van der Waals surface area contributed by atoms with Crippen molar-refractivity contribution in [2.45, 2.75) is 25.7 Å². The van der Waals surface area contributed by atoms with Crippen molar-refractivity contribution in [3.63, 3.8) is 0 Å². The van der Waals surface area contributed by atoms with E-state index in [4.69, 9.17) is 10.8 Å².